The normalized spacial score (nSPS) is 7.71. The summed E-state index contributed by atoms with van der Waals surface area (Å²) < 4.78 is 0. The van der Waals surface area contributed by atoms with Gasteiger partial charge in [0.2, 0.25) is 0 Å². The lowest BCUT2D eigenvalue weighted by atomic mass is 10.2. The Labute approximate surface area is 46.0 Å². The second kappa shape index (κ2) is 9.35. The van der Waals surface area contributed by atoms with Crippen molar-refractivity contribution < 1.29 is 5.48 Å². The van der Waals surface area contributed by atoms with Gasteiger partial charge in [-0.2, -0.15) is 0 Å². The first-order valence-corrected chi connectivity index (χ1v) is 2.91. The highest BCUT2D eigenvalue weighted by atomic mass is 16.0. The van der Waals surface area contributed by atoms with E-state index in [1.165, 1.54) is 25.7 Å². The maximum atomic E-state index is 2.23. The summed E-state index contributed by atoms with van der Waals surface area (Å²) in [6.07, 6.45) is 5.54. The Morgan fingerprint density at radius 3 is 1.29 bits per heavy atom. The maximum Gasteiger partial charge on any atom is -0.0536 e. The molecule has 0 unspecified atom stereocenters. The van der Waals surface area contributed by atoms with Crippen LogP contribution in [0.15, 0.2) is 0 Å². The fraction of sp³-hybridized carbons (Fsp3) is 1.00. The second-order valence-corrected chi connectivity index (χ2v) is 1.71. The molecule has 2 N–H and O–H groups in total. The van der Waals surface area contributed by atoms with E-state index in [1.807, 2.05) is 0 Å². The summed E-state index contributed by atoms with van der Waals surface area (Å²) in [7, 11) is 0. The topological polar surface area (TPSA) is 31.5 Å². The van der Waals surface area contributed by atoms with Crippen LogP contribution in [0.5, 0.6) is 0 Å². The van der Waals surface area contributed by atoms with Crippen LogP contribution < -0.4 is 0 Å². The fourth-order valence-corrected chi connectivity index (χ4v) is 0.500. The lowest BCUT2D eigenvalue weighted by molar-refractivity contribution is 0.702. The Balaban J connectivity index is 0. The van der Waals surface area contributed by atoms with Crippen molar-refractivity contribution in [3.8, 4) is 0 Å². The van der Waals surface area contributed by atoms with Gasteiger partial charge in [0.25, 0.3) is 0 Å². The van der Waals surface area contributed by atoms with Gasteiger partial charge in [0.15, 0.2) is 0 Å². The molecular formula is C6H16O. The number of hydrogen-bond donors (Lipinski definition) is 0. The van der Waals surface area contributed by atoms with Gasteiger partial charge >= 0.3 is 0 Å². The van der Waals surface area contributed by atoms with E-state index in [9.17, 15) is 0 Å². The molecule has 0 saturated heterocycles. The lowest BCUT2D eigenvalue weighted by Gasteiger charge is -1.86. The van der Waals surface area contributed by atoms with Gasteiger partial charge in [-0.15, -0.1) is 0 Å². The molecule has 0 aromatic carbocycles. The molecule has 0 bridgehead atoms. The van der Waals surface area contributed by atoms with Gasteiger partial charge in [0.05, 0.1) is 0 Å². The minimum atomic E-state index is 0. The van der Waals surface area contributed by atoms with Gasteiger partial charge in [-0.1, -0.05) is 39.5 Å². The van der Waals surface area contributed by atoms with E-state index in [0.717, 1.165) is 0 Å². The minimum absolute atomic E-state index is 0. The molecule has 46 valence electrons. The molecular weight excluding hydrogens is 88.1 g/mol. The maximum absolute atomic E-state index is 2.23. The Morgan fingerprint density at radius 2 is 1.14 bits per heavy atom. The Kier molecular flexibility index (Phi) is 13.4. The first-order chi connectivity index (χ1) is 2.91. The van der Waals surface area contributed by atoms with Gasteiger partial charge in [0.1, 0.15) is 0 Å². The third-order valence-electron chi connectivity index (χ3n) is 0.957. The molecule has 0 saturated carbocycles. The predicted octanol–water partition coefficient (Wildman–Crippen LogP) is 1.76. The van der Waals surface area contributed by atoms with Crippen molar-refractivity contribution in [3.63, 3.8) is 0 Å². The monoisotopic (exact) mass is 104 g/mol. The third kappa shape index (κ3) is 10.7. The van der Waals surface area contributed by atoms with E-state index in [-0.39, 0.29) is 5.48 Å². The standard InChI is InChI=1S/C6H14.H2O/c1-3-5-6-4-2;/h3-6H2,1-2H3;1H2. The zero-order valence-electron chi connectivity index (χ0n) is 5.33. The molecule has 0 radical (unpaired) electrons. The molecule has 1 heteroatoms. The van der Waals surface area contributed by atoms with Crippen LogP contribution in [-0.4, -0.2) is 5.48 Å². The van der Waals surface area contributed by atoms with Gasteiger partial charge in [-0.3, -0.25) is 0 Å². The molecule has 0 amide bonds. The molecule has 0 aromatic rings. The summed E-state index contributed by atoms with van der Waals surface area (Å²) in [4.78, 5) is 0. The largest absolute Gasteiger partial charge is 0.412 e. The smallest absolute Gasteiger partial charge is 0.0536 e. The van der Waals surface area contributed by atoms with Crippen molar-refractivity contribution in [2.75, 3.05) is 0 Å². The highest BCUT2D eigenvalue weighted by Gasteiger charge is 1.75. The average molecular weight is 104 g/mol. The fourth-order valence-electron chi connectivity index (χ4n) is 0.500. The van der Waals surface area contributed by atoms with E-state index in [1.54, 1.807) is 0 Å². The van der Waals surface area contributed by atoms with Crippen molar-refractivity contribution in [3.05, 3.63) is 0 Å². The molecule has 0 aromatic heterocycles. The van der Waals surface area contributed by atoms with Crippen LogP contribution in [0.2, 0.25) is 0 Å². The van der Waals surface area contributed by atoms with Crippen molar-refractivity contribution in [1.29, 1.82) is 0 Å². The highest BCUT2D eigenvalue weighted by Crippen LogP contribution is 1.95. The molecule has 0 fully saturated rings. The minimum Gasteiger partial charge on any atom is -0.412 e. The van der Waals surface area contributed by atoms with Crippen molar-refractivity contribution in [2.45, 2.75) is 39.5 Å². The zero-order valence-corrected chi connectivity index (χ0v) is 5.33. The molecule has 0 aliphatic carbocycles. The van der Waals surface area contributed by atoms with Crippen LogP contribution in [0, 0.1) is 0 Å². The van der Waals surface area contributed by atoms with E-state index >= 15 is 0 Å². The van der Waals surface area contributed by atoms with E-state index < -0.39 is 0 Å². The van der Waals surface area contributed by atoms with Crippen LogP contribution in [-0.2, 0) is 0 Å². The summed E-state index contributed by atoms with van der Waals surface area (Å²) in [5.41, 5.74) is 0. The lowest BCUT2D eigenvalue weighted by Crippen LogP contribution is -1.66. The van der Waals surface area contributed by atoms with Crippen LogP contribution in [0.25, 0.3) is 0 Å². The van der Waals surface area contributed by atoms with Crippen LogP contribution >= 0.6 is 0 Å². The third-order valence-corrected chi connectivity index (χ3v) is 0.957. The number of unbranched alkanes of at least 4 members (excludes halogenated alkanes) is 3. The van der Waals surface area contributed by atoms with Crippen LogP contribution in [0.3, 0.4) is 0 Å². The molecule has 0 heterocycles. The molecule has 1 nitrogen and oxygen atoms in total. The number of hydrogen-bond acceptors (Lipinski definition) is 0. The molecule has 0 aliphatic rings. The van der Waals surface area contributed by atoms with Gasteiger partial charge in [-0.25, -0.2) is 0 Å². The SMILES string of the molecule is CCCCCC.O. The summed E-state index contributed by atoms with van der Waals surface area (Å²) in [5, 5.41) is 0. The summed E-state index contributed by atoms with van der Waals surface area (Å²) in [6.45, 7) is 4.46. The predicted molar refractivity (Wildman–Crippen MR) is 33.4 cm³/mol. The van der Waals surface area contributed by atoms with Crippen molar-refractivity contribution >= 4 is 0 Å². The Bertz CT molecular complexity index is 16.1. The molecule has 0 atom stereocenters. The quantitative estimate of drug-likeness (QED) is 0.489. The van der Waals surface area contributed by atoms with Crippen LogP contribution in [0.1, 0.15) is 39.5 Å². The second-order valence-electron chi connectivity index (χ2n) is 1.71. The summed E-state index contributed by atoms with van der Waals surface area (Å²) in [6, 6.07) is 0. The molecule has 0 aliphatic heterocycles. The Morgan fingerprint density at radius 1 is 0.857 bits per heavy atom. The van der Waals surface area contributed by atoms with Crippen molar-refractivity contribution in [2.24, 2.45) is 0 Å². The molecule has 7 heavy (non-hydrogen) atoms. The first-order valence-electron chi connectivity index (χ1n) is 2.91. The van der Waals surface area contributed by atoms with E-state index in [0.29, 0.717) is 0 Å². The average Bonchev–Trinajstić information content (AvgIpc) is 1.61. The molecule has 0 rings (SSSR count). The first kappa shape index (κ1) is 10.0. The van der Waals surface area contributed by atoms with Gasteiger partial charge in [-0.05, 0) is 0 Å². The highest BCUT2D eigenvalue weighted by molar-refractivity contribution is 4.31. The van der Waals surface area contributed by atoms with E-state index in [2.05, 4.69) is 13.8 Å². The van der Waals surface area contributed by atoms with Crippen LogP contribution in [0.4, 0.5) is 0 Å². The number of rotatable bonds is 3. The van der Waals surface area contributed by atoms with Gasteiger partial charge < -0.3 is 5.48 Å². The van der Waals surface area contributed by atoms with E-state index in [4.69, 9.17) is 0 Å². The Hall–Kier alpha value is -0.0400. The summed E-state index contributed by atoms with van der Waals surface area (Å²) >= 11 is 0. The zero-order chi connectivity index (χ0) is 4.83. The van der Waals surface area contributed by atoms with Crippen molar-refractivity contribution in [1.82, 2.24) is 0 Å². The van der Waals surface area contributed by atoms with Gasteiger partial charge in [0, 0.05) is 0 Å². The summed E-state index contributed by atoms with van der Waals surface area (Å²) in [5.74, 6) is 0. The molecule has 0 spiro atoms.